The van der Waals surface area contributed by atoms with E-state index in [1.165, 1.54) is 11.8 Å². The maximum atomic E-state index is 12.5. The van der Waals surface area contributed by atoms with Gasteiger partial charge in [0, 0.05) is 31.1 Å². The summed E-state index contributed by atoms with van der Waals surface area (Å²) in [5.41, 5.74) is 0.380. The monoisotopic (exact) mass is 406 g/mol. The minimum Gasteiger partial charge on any atom is -0.452 e. The van der Waals surface area contributed by atoms with Gasteiger partial charge in [0.2, 0.25) is 5.91 Å². The number of amides is 2. The van der Waals surface area contributed by atoms with E-state index in [0.717, 1.165) is 25.9 Å². The number of likely N-dealkylation sites (tertiary alicyclic amines) is 1. The Hall–Kier alpha value is -2.06. The summed E-state index contributed by atoms with van der Waals surface area (Å²) in [6.07, 6.45) is 2.09. The van der Waals surface area contributed by atoms with Gasteiger partial charge >= 0.3 is 5.97 Å². The molecule has 2 heterocycles. The maximum Gasteiger partial charge on any atom is 0.339 e. The lowest BCUT2D eigenvalue weighted by Crippen LogP contribution is -2.46. The van der Waals surface area contributed by atoms with E-state index in [9.17, 15) is 14.4 Å². The molecule has 2 aliphatic rings. The molecule has 1 aromatic rings. The van der Waals surface area contributed by atoms with E-state index in [1.54, 1.807) is 23.1 Å². The number of nitrogens with zero attached hydrogens (tertiary/aromatic N) is 2. The minimum atomic E-state index is -0.550. The number of ether oxygens (including phenoxy) is 2. The number of carbonyl (C=O) groups is 3. The Balaban J connectivity index is 1.53. The van der Waals surface area contributed by atoms with Gasteiger partial charge < -0.3 is 19.3 Å². The molecule has 3 rings (SSSR count). The highest BCUT2D eigenvalue weighted by atomic mass is 32.2. The van der Waals surface area contributed by atoms with Crippen molar-refractivity contribution in [2.45, 2.75) is 30.8 Å². The predicted octanol–water partition coefficient (Wildman–Crippen LogP) is 1.81. The molecule has 7 nitrogen and oxygen atoms in total. The van der Waals surface area contributed by atoms with E-state index in [2.05, 4.69) is 0 Å². The highest BCUT2D eigenvalue weighted by molar-refractivity contribution is 8.00. The van der Waals surface area contributed by atoms with Gasteiger partial charge in [0.1, 0.15) is 0 Å². The molecule has 0 spiro atoms. The van der Waals surface area contributed by atoms with Crippen molar-refractivity contribution in [1.82, 2.24) is 9.80 Å². The van der Waals surface area contributed by atoms with E-state index in [1.807, 2.05) is 17.9 Å². The first-order valence-corrected chi connectivity index (χ1v) is 10.6. The SMILES string of the molecule is CC1CN(C(=O)COC(=O)c2ccccc2SCC(=O)N2CCCC2)CCO1. The lowest BCUT2D eigenvalue weighted by molar-refractivity contribution is -0.141. The molecule has 0 aromatic heterocycles. The number of esters is 1. The first-order valence-electron chi connectivity index (χ1n) is 9.60. The van der Waals surface area contributed by atoms with Crippen LogP contribution >= 0.6 is 11.8 Å². The third kappa shape index (κ3) is 5.48. The Morgan fingerprint density at radius 3 is 2.61 bits per heavy atom. The molecule has 0 N–H and O–H groups in total. The first-order chi connectivity index (χ1) is 13.5. The molecule has 1 aromatic carbocycles. The van der Waals surface area contributed by atoms with Crippen LogP contribution in [-0.4, -0.2) is 78.8 Å². The Kier molecular flexibility index (Phi) is 7.33. The van der Waals surface area contributed by atoms with Crippen molar-refractivity contribution in [1.29, 1.82) is 0 Å². The highest BCUT2D eigenvalue weighted by Crippen LogP contribution is 2.24. The zero-order valence-electron chi connectivity index (χ0n) is 16.1. The standard InChI is InChI=1S/C20H26N2O5S/c1-15-12-22(10-11-26-15)18(23)13-27-20(25)16-6-2-3-7-17(16)28-14-19(24)21-8-4-5-9-21/h2-3,6-7,15H,4-5,8-14H2,1H3. The summed E-state index contributed by atoms with van der Waals surface area (Å²) in [4.78, 5) is 41.2. The predicted molar refractivity (Wildman–Crippen MR) is 105 cm³/mol. The number of carbonyl (C=O) groups excluding carboxylic acids is 3. The van der Waals surface area contributed by atoms with Gasteiger partial charge in [-0.25, -0.2) is 4.79 Å². The lowest BCUT2D eigenvalue weighted by Gasteiger charge is -2.30. The number of morpholine rings is 1. The number of hydrogen-bond donors (Lipinski definition) is 0. The molecule has 8 heteroatoms. The van der Waals surface area contributed by atoms with Crippen LogP contribution in [0.5, 0.6) is 0 Å². The number of rotatable bonds is 6. The molecule has 28 heavy (non-hydrogen) atoms. The molecule has 2 saturated heterocycles. The summed E-state index contributed by atoms with van der Waals surface area (Å²) in [6, 6.07) is 7.02. The van der Waals surface area contributed by atoms with Gasteiger partial charge in [0.15, 0.2) is 6.61 Å². The number of benzene rings is 1. The van der Waals surface area contributed by atoms with Crippen LogP contribution in [0.2, 0.25) is 0 Å². The van der Waals surface area contributed by atoms with Gasteiger partial charge in [0.05, 0.1) is 24.0 Å². The maximum absolute atomic E-state index is 12.5. The Morgan fingerprint density at radius 2 is 1.86 bits per heavy atom. The average Bonchev–Trinajstić information content (AvgIpc) is 3.25. The van der Waals surface area contributed by atoms with Crippen molar-refractivity contribution in [3.63, 3.8) is 0 Å². The summed E-state index contributed by atoms with van der Waals surface area (Å²) < 4.78 is 10.7. The zero-order valence-corrected chi connectivity index (χ0v) is 16.9. The minimum absolute atomic E-state index is 0.0151. The topological polar surface area (TPSA) is 76.2 Å². The van der Waals surface area contributed by atoms with Crippen molar-refractivity contribution < 1.29 is 23.9 Å². The second kappa shape index (κ2) is 9.93. The van der Waals surface area contributed by atoms with E-state index < -0.39 is 5.97 Å². The van der Waals surface area contributed by atoms with Gasteiger partial charge in [0.25, 0.3) is 5.91 Å². The Labute approximate surface area is 169 Å². The lowest BCUT2D eigenvalue weighted by atomic mass is 10.2. The molecule has 0 aliphatic carbocycles. The van der Waals surface area contributed by atoms with Crippen LogP contribution in [0.4, 0.5) is 0 Å². The van der Waals surface area contributed by atoms with Crippen molar-refractivity contribution in [3.8, 4) is 0 Å². The van der Waals surface area contributed by atoms with Crippen LogP contribution in [0.1, 0.15) is 30.1 Å². The highest BCUT2D eigenvalue weighted by Gasteiger charge is 2.23. The zero-order chi connectivity index (χ0) is 19.9. The molecule has 0 saturated carbocycles. The summed E-state index contributed by atoms with van der Waals surface area (Å²) >= 11 is 1.33. The summed E-state index contributed by atoms with van der Waals surface area (Å²) in [7, 11) is 0. The molecule has 1 atom stereocenters. The van der Waals surface area contributed by atoms with Crippen LogP contribution in [-0.2, 0) is 19.1 Å². The van der Waals surface area contributed by atoms with Crippen molar-refractivity contribution in [2.75, 3.05) is 45.1 Å². The summed E-state index contributed by atoms with van der Waals surface area (Å²) in [5, 5.41) is 0. The van der Waals surface area contributed by atoms with Crippen molar-refractivity contribution >= 4 is 29.5 Å². The first kappa shape index (κ1) is 20.7. The Morgan fingerprint density at radius 1 is 1.11 bits per heavy atom. The summed E-state index contributed by atoms with van der Waals surface area (Å²) in [5.74, 6) is -0.402. The van der Waals surface area contributed by atoms with Gasteiger partial charge in [-0.2, -0.15) is 0 Å². The van der Waals surface area contributed by atoms with Crippen LogP contribution in [0.15, 0.2) is 29.2 Å². The fraction of sp³-hybridized carbons (Fsp3) is 0.550. The molecule has 2 aliphatic heterocycles. The molecule has 2 fully saturated rings. The van der Waals surface area contributed by atoms with E-state index in [-0.39, 0.29) is 30.3 Å². The quantitative estimate of drug-likeness (QED) is 0.530. The second-order valence-electron chi connectivity index (χ2n) is 6.97. The normalized spacial score (nSPS) is 19.5. The van der Waals surface area contributed by atoms with Crippen molar-refractivity contribution in [2.24, 2.45) is 0 Å². The molecular weight excluding hydrogens is 380 g/mol. The number of hydrogen-bond acceptors (Lipinski definition) is 6. The van der Waals surface area contributed by atoms with E-state index in [0.29, 0.717) is 30.2 Å². The molecule has 0 radical (unpaired) electrons. The second-order valence-corrected chi connectivity index (χ2v) is 7.99. The van der Waals surface area contributed by atoms with E-state index in [4.69, 9.17) is 9.47 Å². The summed E-state index contributed by atoms with van der Waals surface area (Å²) in [6.45, 7) is 4.73. The smallest absolute Gasteiger partial charge is 0.339 e. The molecule has 1 unspecified atom stereocenters. The fourth-order valence-electron chi connectivity index (χ4n) is 3.30. The third-order valence-electron chi connectivity index (χ3n) is 4.84. The van der Waals surface area contributed by atoms with Gasteiger partial charge in [-0.15, -0.1) is 11.8 Å². The van der Waals surface area contributed by atoms with Crippen LogP contribution in [0, 0.1) is 0 Å². The van der Waals surface area contributed by atoms with E-state index >= 15 is 0 Å². The molecular formula is C20H26N2O5S. The van der Waals surface area contributed by atoms with Crippen LogP contribution in [0.3, 0.4) is 0 Å². The van der Waals surface area contributed by atoms with Crippen LogP contribution < -0.4 is 0 Å². The largest absolute Gasteiger partial charge is 0.452 e. The molecule has 152 valence electrons. The average molecular weight is 407 g/mol. The van der Waals surface area contributed by atoms with Crippen molar-refractivity contribution in [3.05, 3.63) is 29.8 Å². The van der Waals surface area contributed by atoms with Gasteiger partial charge in [-0.3, -0.25) is 9.59 Å². The third-order valence-corrected chi connectivity index (χ3v) is 5.90. The van der Waals surface area contributed by atoms with Gasteiger partial charge in [-0.1, -0.05) is 12.1 Å². The fourth-order valence-corrected chi connectivity index (χ4v) is 4.24. The number of thioether (sulfide) groups is 1. The molecule has 0 bridgehead atoms. The van der Waals surface area contributed by atoms with Gasteiger partial charge in [-0.05, 0) is 31.9 Å². The molecule has 2 amide bonds. The van der Waals surface area contributed by atoms with Crippen LogP contribution in [0.25, 0.3) is 0 Å². The Bertz CT molecular complexity index is 720.